The van der Waals surface area contributed by atoms with Gasteiger partial charge in [-0.2, -0.15) is 0 Å². The third-order valence-electron chi connectivity index (χ3n) is 5.12. The molecule has 0 spiro atoms. The lowest BCUT2D eigenvalue weighted by atomic mass is 9.95. The highest BCUT2D eigenvalue weighted by atomic mass is 19.1. The molecule has 0 radical (unpaired) electrons. The molecule has 1 atom stereocenters. The van der Waals surface area contributed by atoms with Crippen molar-refractivity contribution in [1.29, 1.82) is 0 Å². The molecule has 4 nitrogen and oxygen atoms in total. The highest BCUT2D eigenvalue weighted by molar-refractivity contribution is 5.84. The minimum Gasteiger partial charge on any atom is -0.351 e. The number of fused-ring (bicyclic) bond motifs is 3. The summed E-state index contributed by atoms with van der Waals surface area (Å²) in [6.07, 6.45) is 3.85. The Morgan fingerprint density at radius 2 is 1.81 bits per heavy atom. The van der Waals surface area contributed by atoms with E-state index in [0.29, 0.717) is 18.5 Å². The van der Waals surface area contributed by atoms with Crippen molar-refractivity contribution in [2.24, 2.45) is 0 Å². The van der Waals surface area contributed by atoms with E-state index in [1.54, 1.807) is 12.5 Å². The number of imidazole rings is 1. The Morgan fingerprint density at radius 1 is 1.00 bits per heavy atom. The summed E-state index contributed by atoms with van der Waals surface area (Å²) in [6, 6.07) is 13.5. The van der Waals surface area contributed by atoms with Crippen LogP contribution >= 0.6 is 0 Å². The zero-order valence-electron chi connectivity index (χ0n) is 13.9. The second-order valence-corrected chi connectivity index (χ2v) is 6.72. The van der Waals surface area contributed by atoms with Gasteiger partial charge in [0.2, 0.25) is 0 Å². The molecular formula is C20H16F2N4. The lowest BCUT2D eigenvalue weighted by molar-refractivity contribution is 0.196. The van der Waals surface area contributed by atoms with Gasteiger partial charge in [-0.05, 0) is 29.8 Å². The second kappa shape index (κ2) is 5.49. The van der Waals surface area contributed by atoms with E-state index in [4.69, 9.17) is 4.98 Å². The van der Waals surface area contributed by atoms with Crippen molar-refractivity contribution >= 4 is 22.4 Å². The molecule has 2 aromatic carbocycles. The lowest BCUT2D eigenvalue weighted by Crippen LogP contribution is -2.28. The topological polar surface area (TPSA) is 33.4 Å². The van der Waals surface area contributed by atoms with Crippen molar-refractivity contribution in [2.45, 2.75) is 12.1 Å². The molecule has 2 aromatic heterocycles. The number of nitrogens with zero attached hydrogens (tertiary/aromatic N) is 4. The predicted molar refractivity (Wildman–Crippen MR) is 96.5 cm³/mol. The maximum absolute atomic E-state index is 15.5. The second-order valence-electron chi connectivity index (χ2n) is 6.72. The summed E-state index contributed by atoms with van der Waals surface area (Å²) in [6.45, 7) is 0.727. The molecule has 1 aliphatic heterocycles. The Hall–Kier alpha value is -3.02. The van der Waals surface area contributed by atoms with Crippen LogP contribution < -0.4 is 4.90 Å². The Kier molecular flexibility index (Phi) is 3.22. The number of aromatic nitrogens is 3. The highest BCUT2D eigenvalue weighted by Crippen LogP contribution is 2.39. The first-order valence-electron chi connectivity index (χ1n) is 8.55. The zero-order chi connectivity index (χ0) is 17.7. The predicted octanol–water partition coefficient (Wildman–Crippen LogP) is 4.10. The Balaban J connectivity index is 1.58. The van der Waals surface area contributed by atoms with Gasteiger partial charge in [-0.25, -0.2) is 18.7 Å². The maximum atomic E-state index is 15.5. The van der Waals surface area contributed by atoms with Crippen LogP contribution in [-0.2, 0) is 5.67 Å². The maximum Gasteiger partial charge on any atom is 0.155 e. The SMILES string of the molecule is Fc1ccc(C2(F)CCN(c3nc4ccccc4n4cncc34)C2)cc1. The van der Waals surface area contributed by atoms with Gasteiger partial charge in [0.25, 0.3) is 0 Å². The molecule has 0 N–H and O–H groups in total. The third kappa shape index (κ3) is 2.25. The fourth-order valence-electron chi connectivity index (χ4n) is 3.76. The van der Waals surface area contributed by atoms with Gasteiger partial charge in [-0.3, -0.25) is 4.40 Å². The van der Waals surface area contributed by atoms with Crippen LogP contribution in [0.5, 0.6) is 0 Å². The summed E-state index contributed by atoms with van der Waals surface area (Å²) in [5.41, 5.74) is 1.65. The van der Waals surface area contributed by atoms with Gasteiger partial charge in [0, 0.05) is 13.0 Å². The molecule has 5 rings (SSSR count). The molecule has 130 valence electrons. The monoisotopic (exact) mass is 350 g/mol. The molecule has 0 saturated carbocycles. The summed E-state index contributed by atoms with van der Waals surface area (Å²) in [5, 5.41) is 0. The van der Waals surface area contributed by atoms with Crippen molar-refractivity contribution in [3.63, 3.8) is 0 Å². The van der Waals surface area contributed by atoms with E-state index in [1.165, 1.54) is 24.3 Å². The quantitative estimate of drug-likeness (QED) is 0.546. The molecule has 3 heterocycles. The zero-order valence-corrected chi connectivity index (χ0v) is 13.9. The molecule has 0 aliphatic carbocycles. The van der Waals surface area contributed by atoms with Crippen LogP contribution in [0.3, 0.4) is 0 Å². The molecule has 4 aromatic rings. The van der Waals surface area contributed by atoms with E-state index in [9.17, 15) is 4.39 Å². The first kappa shape index (κ1) is 15.3. The smallest absolute Gasteiger partial charge is 0.155 e. The number of alkyl halides is 1. The molecule has 0 amide bonds. The fourth-order valence-corrected chi connectivity index (χ4v) is 3.76. The molecule has 6 heteroatoms. The summed E-state index contributed by atoms with van der Waals surface area (Å²) >= 11 is 0. The average molecular weight is 350 g/mol. The van der Waals surface area contributed by atoms with E-state index in [-0.39, 0.29) is 12.4 Å². The number of hydrogen-bond acceptors (Lipinski definition) is 3. The number of halogens is 2. The number of hydrogen-bond donors (Lipinski definition) is 0. The van der Waals surface area contributed by atoms with Gasteiger partial charge in [0.05, 0.1) is 30.1 Å². The molecule has 1 aliphatic rings. The van der Waals surface area contributed by atoms with Gasteiger partial charge in [0.15, 0.2) is 11.5 Å². The van der Waals surface area contributed by atoms with Crippen LogP contribution in [0, 0.1) is 5.82 Å². The summed E-state index contributed by atoms with van der Waals surface area (Å²) in [7, 11) is 0. The Morgan fingerprint density at radius 3 is 2.65 bits per heavy atom. The summed E-state index contributed by atoms with van der Waals surface area (Å²) in [5.74, 6) is 0.368. The summed E-state index contributed by atoms with van der Waals surface area (Å²) in [4.78, 5) is 11.0. The van der Waals surface area contributed by atoms with E-state index >= 15 is 4.39 Å². The third-order valence-corrected chi connectivity index (χ3v) is 5.12. The van der Waals surface area contributed by atoms with Crippen LogP contribution in [0.2, 0.25) is 0 Å². The van der Waals surface area contributed by atoms with Crippen LogP contribution in [0.25, 0.3) is 16.6 Å². The van der Waals surface area contributed by atoms with Crippen molar-refractivity contribution in [3.05, 3.63) is 72.4 Å². The van der Waals surface area contributed by atoms with Crippen LogP contribution in [0.15, 0.2) is 61.1 Å². The van der Waals surface area contributed by atoms with Gasteiger partial charge in [0.1, 0.15) is 11.3 Å². The largest absolute Gasteiger partial charge is 0.351 e. The van der Waals surface area contributed by atoms with Gasteiger partial charge < -0.3 is 4.90 Å². The normalized spacial score (nSPS) is 20.3. The first-order valence-corrected chi connectivity index (χ1v) is 8.55. The van der Waals surface area contributed by atoms with E-state index in [1.807, 2.05) is 33.6 Å². The van der Waals surface area contributed by atoms with Crippen molar-refractivity contribution < 1.29 is 8.78 Å². The first-order chi connectivity index (χ1) is 12.6. The van der Waals surface area contributed by atoms with Crippen LogP contribution in [0.4, 0.5) is 14.6 Å². The molecule has 0 bridgehead atoms. The van der Waals surface area contributed by atoms with Gasteiger partial charge >= 0.3 is 0 Å². The highest BCUT2D eigenvalue weighted by Gasteiger charge is 2.41. The van der Waals surface area contributed by atoms with Crippen LogP contribution in [-0.4, -0.2) is 27.5 Å². The number of benzene rings is 2. The van der Waals surface area contributed by atoms with Crippen LogP contribution in [0.1, 0.15) is 12.0 Å². The van der Waals surface area contributed by atoms with Crippen molar-refractivity contribution in [2.75, 3.05) is 18.0 Å². The number of anilines is 1. The molecule has 1 saturated heterocycles. The molecule has 1 fully saturated rings. The van der Waals surface area contributed by atoms with Crippen molar-refractivity contribution in [3.8, 4) is 0 Å². The van der Waals surface area contributed by atoms with E-state index < -0.39 is 5.67 Å². The summed E-state index contributed by atoms with van der Waals surface area (Å²) < 4.78 is 30.7. The van der Waals surface area contributed by atoms with Gasteiger partial charge in [-0.1, -0.05) is 24.3 Å². The lowest BCUT2D eigenvalue weighted by Gasteiger charge is -2.23. The average Bonchev–Trinajstić information content (AvgIpc) is 3.29. The molecule has 1 unspecified atom stereocenters. The standard InChI is InChI=1S/C20H16F2N4/c21-15-7-5-14(6-8-15)20(22)9-10-25(12-20)19-18-11-23-13-26(18)17-4-2-1-3-16(17)24-19/h1-8,11,13H,9-10,12H2. The molecule has 26 heavy (non-hydrogen) atoms. The number of para-hydroxylation sites is 2. The minimum atomic E-state index is -1.52. The minimum absolute atomic E-state index is 0.185. The van der Waals surface area contributed by atoms with Gasteiger partial charge in [-0.15, -0.1) is 0 Å². The fraction of sp³-hybridized carbons (Fsp3) is 0.200. The Bertz CT molecular complexity index is 1110. The number of rotatable bonds is 2. The molecular weight excluding hydrogens is 334 g/mol. The van der Waals surface area contributed by atoms with Crippen molar-refractivity contribution in [1.82, 2.24) is 14.4 Å². The Labute approximate surface area is 148 Å². The van der Waals surface area contributed by atoms with E-state index in [0.717, 1.165) is 22.4 Å². The van der Waals surface area contributed by atoms with E-state index in [2.05, 4.69) is 4.98 Å².